The van der Waals surface area contributed by atoms with Crippen LogP contribution in [0.3, 0.4) is 0 Å². The molecule has 0 aromatic heterocycles. The third-order valence-electron chi connectivity index (χ3n) is 2.35. The number of aliphatic hydroxyl groups is 2. The molecular formula is C8H14O5. The fourth-order valence-electron chi connectivity index (χ4n) is 1.53. The van der Waals surface area contributed by atoms with E-state index in [2.05, 4.69) is 0 Å². The summed E-state index contributed by atoms with van der Waals surface area (Å²) in [5, 5.41) is 18.7. The first kappa shape index (κ1) is 9.36. The molecule has 0 spiro atoms. The van der Waals surface area contributed by atoms with Gasteiger partial charge in [0, 0.05) is 0 Å². The lowest BCUT2D eigenvalue weighted by atomic mass is 10.2. The van der Waals surface area contributed by atoms with Crippen LogP contribution in [0.4, 0.5) is 0 Å². The Kier molecular flexibility index (Phi) is 2.80. The zero-order valence-electron chi connectivity index (χ0n) is 7.26. The molecule has 0 amide bonds. The Morgan fingerprint density at radius 3 is 1.62 bits per heavy atom. The Labute approximate surface area is 76.2 Å². The predicted octanol–water partition coefficient (Wildman–Crippen LogP) is -1.48. The van der Waals surface area contributed by atoms with Crippen LogP contribution in [-0.4, -0.2) is 61.1 Å². The third-order valence-corrected chi connectivity index (χ3v) is 2.35. The average molecular weight is 190 g/mol. The molecule has 76 valence electrons. The first-order valence-corrected chi connectivity index (χ1v) is 4.44. The summed E-state index contributed by atoms with van der Waals surface area (Å²) in [4.78, 5) is 0. The van der Waals surface area contributed by atoms with E-state index >= 15 is 0 Å². The van der Waals surface area contributed by atoms with Crippen LogP contribution in [0.1, 0.15) is 0 Å². The van der Waals surface area contributed by atoms with E-state index in [-0.39, 0.29) is 12.2 Å². The second-order valence-corrected chi connectivity index (χ2v) is 3.42. The van der Waals surface area contributed by atoms with Crippen LogP contribution in [0.5, 0.6) is 0 Å². The molecule has 0 saturated carbocycles. The van der Waals surface area contributed by atoms with Crippen molar-refractivity contribution >= 4 is 0 Å². The lowest BCUT2D eigenvalue weighted by Gasteiger charge is -2.20. The molecule has 0 aliphatic carbocycles. The molecular weight excluding hydrogens is 176 g/mol. The maximum absolute atomic E-state index is 9.36. The zero-order valence-corrected chi connectivity index (χ0v) is 7.26. The first-order valence-electron chi connectivity index (χ1n) is 4.44. The summed E-state index contributed by atoms with van der Waals surface area (Å²) in [5.41, 5.74) is 0. The monoisotopic (exact) mass is 190 g/mol. The normalized spacial score (nSPS) is 45.7. The quantitative estimate of drug-likeness (QED) is 0.556. The third kappa shape index (κ3) is 2.00. The highest BCUT2D eigenvalue weighted by Gasteiger charge is 2.34. The van der Waals surface area contributed by atoms with E-state index in [1.165, 1.54) is 0 Å². The van der Waals surface area contributed by atoms with E-state index in [0.29, 0.717) is 26.4 Å². The van der Waals surface area contributed by atoms with E-state index in [0.717, 1.165) is 0 Å². The van der Waals surface area contributed by atoms with Crippen LogP contribution in [0.2, 0.25) is 0 Å². The summed E-state index contributed by atoms with van der Waals surface area (Å²) in [6, 6.07) is 0. The molecule has 0 aromatic carbocycles. The smallest absolute Gasteiger partial charge is 0.110 e. The Hall–Kier alpha value is -0.200. The number of rotatable bonds is 2. The van der Waals surface area contributed by atoms with Crippen LogP contribution in [0.15, 0.2) is 0 Å². The molecule has 2 aliphatic heterocycles. The van der Waals surface area contributed by atoms with Crippen LogP contribution < -0.4 is 0 Å². The van der Waals surface area contributed by atoms with Crippen LogP contribution in [0, 0.1) is 0 Å². The fourth-order valence-corrected chi connectivity index (χ4v) is 1.53. The molecule has 2 aliphatic rings. The van der Waals surface area contributed by atoms with Crippen molar-refractivity contribution in [1.29, 1.82) is 0 Å². The van der Waals surface area contributed by atoms with Gasteiger partial charge < -0.3 is 24.4 Å². The largest absolute Gasteiger partial charge is 0.388 e. The molecule has 2 N–H and O–H groups in total. The van der Waals surface area contributed by atoms with Crippen LogP contribution >= 0.6 is 0 Å². The van der Waals surface area contributed by atoms with Crippen molar-refractivity contribution in [2.75, 3.05) is 26.4 Å². The predicted molar refractivity (Wildman–Crippen MR) is 42.3 cm³/mol. The molecule has 2 rings (SSSR count). The minimum Gasteiger partial charge on any atom is -0.388 e. The molecule has 13 heavy (non-hydrogen) atoms. The highest BCUT2D eigenvalue weighted by atomic mass is 16.6. The maximum Gasteiger partial charge on any atom is 0.110 e. The van der Waals surface area contributed by atoms with E-state index in [4.69, 9.17) is 14.2 Å². The molecule has 5 nitrogen and oxygen atoms in total. The van der Waals surface area contributed by atoms with Gasteiger partial charge >= 0.3 is 0 Å². The van der Waals surface area contributed by atoms with Crippen molar-refractivity contribution in [1.82, 2.24) is 0 Å². The molecule has 0 radical (unpaired) electrons. The molecule has 2 saturated heterocycles. The molecule has 4 atom stereocenters. The molecule has 0 bridgehead atoms. The fraction of sp³-hybridized carbons (Fsp3) is 1.00. The number of aliphatic hydroxyl groups excluding tert-OH is 2. The van der Waals surface area contributed by atoms with Crippen molar-refractivity contribution in [3.05, 3.63) is 0 Å². The van der Waals surface area contributed by atoms with E-state index in [1.807, 2.05) is 0 Å². The van der Waals surface area contributed by atoms with Gasteiger partial charge in [0.2, 0.25) is 0 Å². The number of hydrogen-bond donors (Lipinski definition) is 2. The van der Waals surface area contributed by atoms with Gasteiger partial charge in [-0.3, -0.25) is 0 Å². The Balaban J connectivity index is 1.82. The van der Waals surface area contributed by atoms with Gasteiger partial charge in [-0.1, -0.05) is 0 Å². The first-order chi connectivity index (χ1) is 6.27. The summed E-state index contributed by atoms with van der Waals surface area (Å²) >= 11 is 0. The summed E-state index contributed by atoms with van der Waals surface area (Å²) < 4.78 is 15.5. The Morgan fingerprint density at radius 2 is 1.31 bits per heavy atom. The van der Waals surface area contributed by atoms with Gasteiger partial charge in [0.15, 0.2) is 0 Å². The van der Waals surface area contributed by atoms with Crippen molar-refractivity contribution in [3.8, 4) is 0 Å². The molecule has 0 aromatic rings. The van der Waals surface area contributed by atoms with Crippen molar-refractivity contribution in [2.24, 2.45) is 0 Å². The number of ether oxygens (including phenoxy) is 3. The van der Waals surface area contributed by atoms with Crippen molar-refractivity contribution < 1.29 is 24.4 Å². The van der Waals surface area contributed by atoms with Gasteiger partial charge in [0.1, 0.15) is 24.4 Å². The van der Waals surface area contributed by atoms with Gasteiger partial charge in [0.25, 0.3) is 0 Å². The van der Waals surface area contributed by atoms with Crippen LogP contribution in [0.25, 0.3) is 0 Å². The van der Waals surface area contributed by atoms with Gasteiger partial charge in [-0.2, -0.15) is 0 Å². The summed E-state index contributed by atoms with van der Waals surface area (Å²) in [7, 11) is 0. The molecule has 2 heterocycles. The topological polar surface area (TPSA) is 68.2 Å². The summed E-state index contributed by atoms with van der Waals surface area (Å²) in [6.45, 7) is 1.41. The Morgan fingerprint density at radius 1 is 0.846 bits per heavy atom. The SMILES string of the molecule is O[C@@H]1COC[C@@H]1O[C@@H]1COC[C@@H]1O. The van der Waals surface area contributed by atoms with Crippen molar-refractivity contribution in [3.63, 3.8) is 0 Å². The maximum atomic E-state index is 9.36. The lowest BCUT2D eigenvalue weighted by molar-refractivity contribution is -0.0849. The van der Waals surface area contributed by atoms with Gasteiger partial charge in [-0.15, -0.1) is 0 Å². The standard InChI is InChI=1S/C8H14O5/c9-5-1-11-3-7(5)13-8-4-12-2-6(8)10/h5-10H,1-4H2/t5-,6+,7+,8-. The minimum atomic E-state index is -0.576. The molecule has 0 unspecified atom stereocenters. The van der Waals surface area contributed by atoms with Crippen LogP contribution in [-0.2, 0) is 14.2 Å². The minimum absolute atomic E-state index is 0.314. The second-order valence-electron chi connectivity index (χ2n) is 3.42. The summed E-state index contributed by atoms with van der Waals surface area (Å²) in [6.07, 6.45) is -1.79. The average Bonchev–Trinajstić information content (AvgIpc) is 2.65. The van der Waals surface area contributed by atoms with E-state index in [1.54, 1.807) is 0 Å². The van der Waals surface area contributed by atoms with Crippen molar-refractivity contribution in [2.45, 2.75) is 24.4 Å². The second kappa shape index (κ2) is 3.89. The van der Waals surface area contributed by atoms with Gasteiger partial charge in [0.05, 0.1) is 26.4 Å². The summed E-state index contributed by atoms with van der Waals surface area (Å²) in [5.74, 6) is 0. The van der Waals surface area contributed by atoms with E-state index < -0.39 is 12.2 Å². The molecule has 2 fully saturated rings. The zero-order chi connectivity index (χ0) is 9.26. The van der Waals surface area contributed by atoms with Gasteiger partial charge in [-0.05, 0) is 0 Å². The Bertz CT molecular complexity index is 156. The highest BCUT2D eigenvalue weighted by molar-refractivity contribution is 4.81. The lowest BCUT2D eigenvalue weighted by Crippen LogP contribution is -2.36. The van der Waals surface area contributed by atoms with E-state index in [9.17, 15) is 10.2 Å². The number of hydrogen-bond acceptors (Lipinski definition) is 5. The highest BCUT2D eigenvalue weighted by Crippen LogP contribution is 2.17. The molecule has 5 heteroatoms. The van der Waals surface area contributed by atoms with Gasteiger partial charge in [-0.25, -0.2) is 0 Å².